The van der Waals surface area contributed by atoms with Crippen molar-refractivity contribution in [2.24, 2.45) is 0 Å². The lowest BCUT2D eigenvalue weighted by atomic mass is 10.1. The molecular formula is C22H26BrClN2O3. The topological polar surface area (TPSA) is 58.6 Å². The zero-order valence-corrected chi connectivity index (χ0v) is 19.0. The first-order valence-corrected chi connectivity index (χ1v) is 10.8. The molecule has 7 heteroatoms. The van der Waals surface area contributed by atoms with Gasteiger partial charge in [-0.2, -0.15) is 0 Å². The summed E-state index contributed by atoms with van der Waals surface area (Å²) in [5, 5.41) is 3.51. The second-order valence-electron chi connectivity index (χ2n) is 6.71. The number of nitrogens with one attached hydrogen (secondary N) is 1. The maximum absolute atomic E-state index is 12.9. The van der Waals surface area contributed by atoms with Gasteiger partial charge < -0.3 is 15.0 Å². The fraction of sp³-hybridized carbons (Fsp3) is 0.364. The van der Waals surface area contributed by atoms with E-state index >= 15 is 0 Å². The van der Waals surface area contributed by atoms with E-state index in [9.17, 15) is 9.59 Å². The van der Waals surface area contributed by atoms with Crippen LogP contribution in [0.5, 0.6) is 5.75 Å². The SMILES string of the molecule is CCCCNC(=O)[C@@H](C)N(Cc1ccc(Cl)cc1)C(=O)COc1ccc(Br)cc1. The van der Waals surface area contributed by atoms with Crippen LogP contribution in [0.2, 0.25) is 5.02 Å². The second-order valence-corrected chi connectivity index (χ2v) is 8.06. The number of amides is 2. The highest BCUT2D eigenvalue weighted by atomic mass is 79.9. The van der Waals surface area contributed by atoms with E-state index in [1.165, 1.54) is 4.90 Å². The van der Waals surface area contributed by atoms with E-state index in [0.29, 0.717) is 23.9 Å². The highest BCUT2D eigenvalue weighted by Gasteiger charge is 2.26. The van der Waals surface area contributed by atoms with Gasteiger partial charge in [-0.15, -0.1) is 0 Å². The van der Waals surface area contributed by atoms with Crippen LogP contribution in [-0.2, 0) is 16.1 Å². The lowest BCUT2D eigenvalue weighted by Gasteiger charge is -2.28. The van der Waals surface area contributed by atoms with Crippen molar-refractivity contribution in [1.82, 2.24) is 10.2 Å². The van der Waals surface area contributed by atoms with Crippen molar-refractivity contribution >= 4 is 39.3 Å². The van der Waals surface area contributed by atoms with Crippen molar-refractivity contribution in [2.75, 3.05) is 13.2 Å². The van der Waals surface area contributed by atoms with Crippen LogP contribution >= 0.6 is 27.5 Å². The molecule has 0 fully saturated rings. The Morgan fingerprint density at radius 3 is 2.41 bits per heavy atom. The van der Waals surface area contributed by atoms with Crippen LogP contribution in [0.25, 0.3) is 0 Å². The Hall–Kier alpha value is -2.05. The average molecular weight is 482 g/mol. The van der Waals surface area contributed by atoms with Crippen molar-refractivity contribution in [1.29, 1.82) is 0 Å². The van der Waals surface area contributed by atoms with Crippen LogP contribution in [0.4, 0.5) is 0 Å². The normalized spacial score (nSPS) is 11.6. The fourth-order valence-electron chi connectivity index (χ4n) is 2.66. The van der Waals surface area contributed by atoms with E-state index in [-0.39, 0.29) is 18.4 Å². The molecule has 0 saturated carbocycles. The molecule has 2 aromatic carbocycles. The first kappa shape index (κ1) is 23.2. The molecule has 0 aromatic heterocycles. The van der Waals surface area contributed by atoms with Gasteiger partial charge >= 0.3 is 0 Å². The van der Waals surface area contributed by atoms with E-state index in [2.05, 4.69) is 28.2 Å². The molecule has 2 amide bonds. The minimum Gasteiger partial charge on any atom is -0.484 e. The van der Waals surface area contributed by atoms with Crippen LogP contribution in [0, 0.1) is 0 Å². The van der Waals surface area contributed by atoms with Gasteiger partial charge in [0.25, 0.3) is 5.91 Å². The molecule has 156 valence electrons. The number of carbonyl (C=O) groups is 2. The van der Waals surface area contributed by atoms with Crippen LogP contribution in [0.3, 0.4) is 0 Å². The van der Waals surface area contributed by atoms with Crippen molar-refractivity contribution in [2.45, 2.75) is 39.3 Å². The standard InChI is InChI=1S/C22H26BrClN2O3/c1-3-4-13-25-22(28)16(2)26(14-17-5-9-19(24)10-6-17)21(27)15-29-20-11-7-18(23)8-12-20/h5-12,16H,3-4,13-15H2,1-2H3,(H,25,28)/t16-/m1/s1. The molecule has 0 bridgehead atoms. The molecule has 1 N–H and O–H groups in total. The van der Waals surface area contributed by atoms with E-state index in [4.69, 9.17) is 16.3 Å². The van der Waals surface area contributed by atoms with Crippen molar-refractivity contribution in [3.63, 3.8) is 0 Å². The summed E-state index contributed by atoms with van der Waals surface area (Å²) in [6, 6.07) is 13.9. The first-order chi connectivity index (χ1) is 13.9. The Balaban J connectivity index is 2.08. The van der Waals surface area contributed by atoms with Crippen LogP contribution < -0.4 is 10.1 Å². The third-order valence-electron chi connectivity index (χ3n) is 4.44. The molecule has 2 rings (SSSR count). The molecule has 0 aliphatic heterocycles. The van der Waals surface area contributed by atoms with Gasteiger partial charge in [0.1, 0.15) is 11.8 Å². The molecule has 5 nitrogen and oxygen atoms in total. The minimum atomic E-state index is -0.622. The van der Waals surface area contributed by atoms with E-state index in [0.717, 1.165) is 22.9 Å². The predicted molar refractivity (Wildman–Crippen MR) is 119 cm³/mol. The minimum absolute atomic E-state index is 0.151. The molecule has 29 heavy (non-hydrogen) atoms. The molecule has 0 saturated heterocycles. The molecule has 0 unspecified atom stereocenters. The number of halogens is 2. The van der Waals surface area contributed by atoms with Crippen LogP contribution in [0.1, 0.15) is 32.3 Å². The summed E-state index contributed by atoms with van der Waals surface area (Å²) >= 11 is 9.32. The molecule has 0 heterocycles. The van der Waals surface area contributed by atoms with Gasteiger partial charge in [-0.1, -0.05) is 53.0 Å². The maximum Gasteiger partial charge on any atom is 0.261 e. The molecule has 0 aliphatic rings. The number of ether oxygens (including phenoxy) is 1. The number of nitrogens with zero attached hydrogens (tertiary/aromatic N) is 1. The highest BCUT2D eigenvalue weighted by molar-refractivity contribution is 9.10. The van der Waals surface area contributed by atoms with Gasteiger partial charge in [0, 0.05) is 22.6 Å². The molecule has 2 aromatic rings. The van der Waals surface area contributed by atoms with Gasteiger partial charge in [-0.25, -0.2) is 0 Å². The maximum atomic E-state index is 12.9. The summed E-state index contributed by atoms with van der Waals surface area (Å²) < 4.78 is 6.55. The third kappa shape index (κ3) is 7.71. The van der Waals surface area contributed by atoms with Gasteiger partial charge in [0.15, 0.2) is 6.61 Å². The Morgan fingerprint density at radius 1 is 1.14 bits per heavy atom. The van der Waals surface area contributed by atoms with Gasteiger partial charge in [0.05, 0.1) is 0 Å². The van der Waals surface area contributed by atoms with E-state index < -0.39 is 6.04 Å². The smallest absolute Gasteiger partial charge is 0.261 e. The summed E-state index contributed by atoms with van der Waals surface area (Å²) in [5.41, 5.74) is 0.889. The number of hydrogen-bond acceptors (Lipinski definition) is 3. The quantitative estimate of drug-likeness (QED) is 0.495. The predicted octanol–water partition coefficient (Wildman–Crippen LogP) is 4.81. The van der Waals surface area contributed by atoms with Gasteiger partial charge in [0.2, 0.25) is 5.91 Å². The van der Waals surface area contributed by atoms with Crippen LogP contribution in [0.15, 0.2) is 53.0 Å². The van der Waals surface area contributed by atoms with Gasteiger partial charge in [-0.05, 0) is 55.3 Å². The lowest BCUT2D eigenvalue weighted by Crippen LogP contribution is -2.49. The number of rotatable bonds is 10. The Morgan fingerprint density at radius 2 is 1.79 bits per heavy atom. The van der Waals surface area contributed by atoms with Gasteiger partial charge in [-0.3, -0.25) is 9.59 Å². The fourth-order valence-corrected chi connectivity index (χ4v) is 3.05. The summed E-state index contributed by atoms with van der Waals surface area (Å²) in [4.78, 5) is 27.0. The van der Waals surface area contributed by atoms with Crippen molar-refractivity contribution in [3.05, 3.63) is 63.6 Å². The summed E-state index contributed by atoms with van der Waals surface area (Å²) in [7, 11) is 0. The molecule has 0 aliphatic carbocycles. The first-order valence-electron chi connectivity index (χ1n) is 9.60. The summed E-state index contributed by atoms with van der Waals surface area (Å²) in [6.07, 6.45) is 1.89. The Bertz CT molecular complexity index is 797. The summed E-state index contributed by atoms with van der Waals surface area (Å²) in [6.45, 7) is 4.53. The molecule has 0 spiro atoms. The van der Waals surface area contributed by atoms with E-state index in [1.807, 2.05) is 24.3 Å². The largest absolute Gasteiger partial charge is 0.484 e. The summed E-state index contributed by atoms with van der Waals surface area (Å²) in [5.74, 6) is 0.151. The number of carbonyl (C=O) groups excluding carboxylic acids is 2. The zero-order chi connectivity index (χ0) is 21.2. The Labute approximate surface area is 185 Å². The van der Waals surface area contributed by atoms with Crippen LogP contribution in [-0.4, -0.2) is 35.9 Å². The molecular weight excluding hydrogens is 456 g/mol. The molecule has 1 atom stereocenters. The number of unbranched alkanes of at least 4 members (excludes halogenated alkanes) is 1. The monoisotopic (exact) mass is 480 g/mol. The third-order valence-corrected chi connectivity index (χ3v) is 5.22. The van der Waals surface area contributed by atoms with E-state index in [1.54, 1.807) is 31.2 Å². The average Bonchev–Trinajstić information content (AvgIpc) is 2.72. The zero-order valence-electron chi connectivity index (χ0n) is 16.7. The van der Waals surface area contributed by atoms with Crippen molar-refractivity contribution in [3.8, 4) is 5.75 Å². The number of benzene rings is 2. The van der Waals surface area contributed by atoms with Crippen molar-refractivity contribution < 1.29 is 14.3 Å². The Kier molecular flexibility index (Phi) is 9.48. The number of hydrogen-bond donors (Lipinski definition) is 1. The molecule has 0 radical (unpaired) electrons. The second kappa shape index (κ2) is 11.8. The highest BCUT2D eigenvalue weighted by Crippen LogP contribution is 2.17. The lowest BCUT2D eigenvalue weighted by molar-refractivity contribution is -0.142.